The second kappa shape index (κ2) is 8.81. The maximum absolute atomic E-state index is 12.4. The van der Waals surface area contributed by atoms with Crippen LogP contribution in [0.25, 0.3) is 0 Å². The van der Waals surface area contributed by atoms with Crippen molar-refractivity contribution >= 4 is 29.0 Å². The number of rotatable bonds is 6. The van der Waals surface area contributed by atoms with Crippen molar-refractivity contribution in [2.75, 3.05) is 10.6 Å². The van der Waals surface area contributed by atoms with E-state index < -0.39 is 0 Å². The lowest BCUT2D eigenvalue weighted by molar-refractivity contribution is -0.114. The van der Waals surface area contributed by atoms with Crippen molar-refractivity contribution in [2.45, 2.75) is 19.9 Å². The molecule has 0 fully saturated rings. The van der Waals surface area contributed by atoms with Crippen LogP contribution >= 0.6 is 0 Å². The highest BCUT2D eigenvalue weighted by Crippen LogP contribution is 2.19. The first-order chi connectivity index (χ1) is 13.5. The lowest BCUT2D eigenvalue weighted by Crippen LogP contribution is -2.26. The van der Waals surface area contributed by atoms with E-state index >= 15 is 0 Å². The van der Waals surface area contributed by atoms with Gasteiger partial charge in [0.1, 0.15) is 5.82 Å². The molecule has 2 aromatic carbocycles. The van der Waals surface area contributed by atoms with Gasteiger partial charge in [-0.1, -0.05) is 36.4 Å². The summed E-state index contributed by atoms with van der Waals surface area (Å²) in [6.07, 6.45) is 1.53. The van der Waals surface area contributed by atoms with Gasteiger partial charge in [0.15, 0.2) is 0 Å². The fraction of sp³-hybridized carbons (Fsp3) is 0.136. The number of nitrogens with zero attached hydrogens (tertiary/aromatic N) is 1. The van der Waals surface area contributed by atoms with Crippen LogP contribution in [0.15, 0.2) is 72.9 Å². The number of aromatic nitrogens is 1. The van der Waals surface area contributed by atoms with E-state index in [2.05, 4.69) is 20.9 Å². The summed E-state index contributed by atoms with van der Waals surface area (Å²) in [5.74, 6) is 0.297. The van der Waals surface area contributed by atoms with Crippen LogP contribution in [-0.4, -0.2) is 16.8 Å². The monoisotopic (exact) mass is 374 g/mol. The van der Waals surface area contributed by atoms with Gasteiger partial charge in [0.25, 0.3) is 5.91 Å². The Balaban J connectivity index is 1.63. The first-order valence-corrected chi connectivity index (χ1v) is 8.98. The van der Waals surface area contributed by atoms with Gasteiger partial charge in [-0.05, 0) is 42.8 Å². The van der Waals surface area contributed by atoms with Gasteiger partial charge in [0.2, 0.25) is 5.91 Å². The van der Waals surface area contributed by atoms with Gasteiger partial charge in [-0.15, -0.1) is 0 Å². The van der Waals surface area contributed by atoms with E-state index in [0.29, 0.717) is 17.1 Å². The van der Waals surface area contributed by atoms with Crippen LogP contribution in [0.3, 0.4) is 0 Å². The highest BCUT2D eigenvalue weighted by molar-refractivity contribution is 5.94. The number of nitrogens with one attached hydrogen (secondary N) is 3. The molecule has 3 rings (SSSR count). The van der Waals surface area contributed by atoms with Crippen molar-refractivity contribution in [3.05, 3.63) is 84.1 Å². The molecule has 3 N–H and O–H groups in total. The smallest absolute Gasteiger partial charge is 0.253 e. The maximum atomic E-state index is 12.4. The molecule has 1 heterocycles. The molecular weight excluding hydrogens is 352 g/mol. The molecule has 0 saturated carbocycles. The Morgan fingerprint density at radius 2 is 1.68 bits per heavy atom. The summed E-state index contributed by atoms with van der Waals surface area (Å²) in [5.41, 5.74) is 3.01. The fourth-order valence-electron chi connectivity index (χ4n) is 2.73. The number of hydrogen-bond donors (Lipinski definition) is 3. The standard InChI is InChI=1S/C22H22N4O2/c1-15(17-7-4-3-5-8-17)24-22(28)18-11-12-21(23-14-18)26-20-10-6-9-19(13-20)25-16(2)27/h3-15H,1-2H3,(H,23,26)(H,24,28)(H,25,27). The Morgan fingerprint density at radius 3 is 2.36 bits per heavy atom. The van der Waals surface area contributed by atoms with E-state index in [0.717, 1.165) is 11.3 Å². The average Bonchev–Trinajstić information content (AvgIpc) is 2.69. The highest BCUT2D eigenvalue weighted by atomic mass is 16.2. The van der Waals surface area contributed by atoms with Crippen LogP contribution < -0.4 is 16.0 Å². The third-order valence-electron chi connectivity index (χ3n) is 4.13. The van der Waals surface area contributed by atoms with Gasteiger partial charge >= 0.3 is 0 Å². The topological polar surface area (TPSA) is 83.1 Å². The van der Waals surface area contributed by atoms with Crippen molar-refractivity contribution in [1.82, 2.24) is 10.3 Å². The summed E-state index contributed by atoms with van der Waals surface area (Å²) in [4.78, 5) is 27.9. The summed E-state index contributed by atoms with van der Waals surface area (Å²) in [5, 5.41) is 8.86. The number of pyridine rings is 1. The number of amides is 2. The van der Waals surface area contributed by atoms with Crippen molar-refractivity contribution < 1.29 is 9.59 Å². The SMILES string of the molecule is CC(=O)Nc1cccc(Nc2ccc(C(=O)NC(C)c3ccccc3)cn2)c1. The first kappa shape index (κ1) is 19.1. The van der Waals surface area contributed by atoms with Gasteiger partial charge in [0.05, 0.1) is 11.6 Å². The van der Waals surface area contributed by atoms with Crippen LogP contribution in [0, 0.1) is 0 Å². The van der Waals surface area contributed by atoms with E-state index in [1.807, 2.05) is 55.5 Å². The molecule has 0 radical (unpaired) electrons. The number of carbonyl (C=O) groups is 2. The lowest BCUT2D eigenvalue weighted by atomic mass is 10.1. The molecule has 6 nitrogen and oxygen atoms in total. The Labute approximate surface area is 164 Å². The molecule has 1 atom stereocenters. The van der Waals surface area contributed by atoms with Gasteiger partial charge in [-0.3, -0.25) is 9.59 Å². The summed E-state index contributed by atoms with van der Waals surface area (Å²) in [7, 11) is 0. The number of carbonyl (C=O) groups excluding carboxylic acids is 2. The molecule has 0 saturated heterocycles. The molecule has 0 spiro atoms. The van der Waals surface area contributed by atoms with Gasteiger partial charge < -0.3 is 16.0 Å². The van der Waals surface area contributed by atoms with Crippen molar-refractivity contribution in [3.8, 4) is 0 Å². The van der Waals surface area contributed by atoms with Crippen LogP contribution in [0.4, 0.5) is 17.2 Å². The molecule has 0 aliphatic heterocycles. The van der Waals surface area contributed by atoms with E-state index in [1.165, 1.54) is 13.1 Å². The van der Waals surface area contributed by atoms with Gasteiger partial charge in [0, 0.05) is 24.5 Å². The van der Waals surface area contributed by atoms with Crippen LogP contribution in [0.2, 0.25) is 0 Å². The van der Waals surface area contributed by atoms with Gasteiger partial charge in [-0.2, -0.15) is 0 Å². The Kier molecular flexibility index (Phi) is 6.01. The minimum absolute atomic E-state index is 0.0944. The quantitative estimate of drug-likeness (QED) is 0.601. The minimum Gasteiger partial charge on any atom is -0.345 e. The molecule has 0 aliphatic rings. The van der Waals surface area contributed by atoms with E-state index in [9.17, 15) is 9.59 Å². The summed E-state index contributed by atoms with van der Waals surface area (Å²) < 4.78 is 0. The average molecular weight is 374 g/mol. The van der Waals surface area contributed by atoms with Gasteiger partial charge in [-0.25, -0.2) is 4.98 Å². The molecule has 2 amide bonds. The first-order valence-electron chi connectivity index (χ1n) is 8.98. The van der Waals surface area contributed by atoms with Crippen LogP contribution in [0.1, 0.15) is 35.8 Å². The predicted octanol–water partition coefficient (Wildman–Crippen LogP) is 4.27. The molecule has 3 aromatic rings. The van der Waals surface area contributed by atoms with E-state index in [1.54, 1.807) is 18.2 Å². The van der Waals surface area contributed by atoms with Crippen LogP contribution in [0.5, 0.6) is 0 Å². The Hall–Kier alpha value is -3.67. The zero-order valence-corrected chi connectivity index (χ0v) is 15.8. The van der Waals surface area contributed by atoms with E-state index in [-0.39, 0.29) is 17.9 Å². The summed E-state index contributed by atoms with van der Waals surface area (Å²) in [6.45, 7) is 3.41. The number of benzene rings is 2. The predicted molar refractivity (Wildman–Crippen MR) is 111 cm³/mol. The molecule has 0 aliphatic carbocycles. The molecule has 28 heavy (non-hydrogen) atoms. The van der Waals surface area contributed by atoms with Crippen molar-refractivity contribution in [1.29, 1.82) is 0 Å². The zero-order valence-electron chi connectivity index (χ0n) is 15.8. The maximum Gasteiger partial charge on any atom is 0.253 e. The lowest BCUT2D eigenvalue weighted by Gasteiger charge is -2.14. The third-order valence-corrected chi connectivity index (χ3v) is 4.13. The fourth-order valence-corrected chi connectivity index (χ4v) is 2.73. The Bertz CT molecular complexity index is 956. The normalized spacial score (nSPS) is 11.4. The minimum atomic E-state index is -0.178. The largest absolute Gasteiger partial charge is 0.345 e. The second-order valence-corrected chi connectivity index (χ2v) is 6.42. The summed E-state index contributed by atoms with van der Waals surface area (Å²) in [6, 6.07) is 20.5. The molecule has 1 aromatic heterocycles. The molecule has 0 bridgehead atoms. The molecular formula is C22H22N4O2. The number of anilines is 3. The van der Waals surface area contributed by atoms with Crippen molar-refractivity contribution in [3.63, 3.8) is 0 Å². The summed E-state index contributed by atoms with van der Waals surface area (Å²) >= 11 is 0. The zero-order chi connectivity index (χ0) is 19.9. The molecule has 1 unspecified atom stereocenters. The van der Waals surface area contributed by atoms with Crippen LogP contribution in [-0.2, 0) is 4.79 Å². The third kappa shape index (κ3) is 5.17. The Morgan fingerprint density at radius 1 is 0.929 bits per heavy atom. The number of hydrogen-bond acceptors (Lipinski definition) is 4. The molecule has 6 heteroatoms. The van der Waals surface area contributed by atoms with E-state index in [4.69, 9.17) is 0 Å². The molecule has 142 valence electrons. The highest BCUT2D eigenvalue weighted by Gasteiger charge is 2.11. The second-order valence-electron chi connectivity index (χ2n) is 6.42. The van der Waals surface area contributed by atoms with Crippen molar-refractivity contribution in [2.24, 2.45) is 0 Å².